The number of benzene rings is 1. The Morgan fingerprint density at radius 2 is 1.86 bits per heavy atom. The molecule has 6 heteroatoms. The molecule has 0 saturated carbocycles. The van der Waals surface area contributed by atoms with Crippen LogP contribution >= 0.6 is 0 Å². The quantitative estimate of drug-likeness (QED) is 0.267. The van der Waals surface area contributed by atoms with Crippen LogP contribution in [0.2, 0.25) is 18.1 Å². The molecule has 1 amide bonds. The first-order valence-corrected chi connectivity index (χ1v) is 13.3. The molecule has 1 heterocycles. The Hall–Kier alpha value is -1.92. The van der Waals surface area contributed by atoms with Gasteiger partial charge in [0.2, 0.25) is 5.91 Å². The van der Waals surface area contributed by atoms with Gasteiger partial charge < -0.3 is 14.0 Å². The number of hydrogen-bond donors (Lipinski definition) is 0. The molecule has 1 aromatic carbocycles. The summed E-state index contributed by atoms with van der Waals surface area (Å²) in [5.41, 5.74) is 0.919. The van der Waals surface area contributed by atoms with E-state index in [1.807, 2.05) is 60.9 Å². The van der Waals surface area contributed by atoms with E-state index in [1.54, 1.807) is 0 Å². The van der Waals surface area contributed by atoms with Crippen LogP contribution in [-0.2, 0) is 25.7 Å². The number of allylic oxidation sites excluding steroid dienone is 1. The fourth-order valence-corrected chi connectivity index (χ4v) is 5.94. The lowest BCUT2D eigenvalue weighted by Crippen LogP contribution is -2.75. The highest BCUT2D eigenvalue weighted by molar-refractivity contribution is 6.80. The number of carbonyl (C=O) groups excluding carboxylic acids is 2. The summed E-state index contributed by atoms with van der Waals surface area (Å²) in [6, 6.07) is 9.50. The van der Waals surface area contributed by atoms with Gasteiger partial charge in [-0.15, -0.1) is 0 Å². The largest absolute Gasteiger partial charge is 0.459 e. The second-order valence-corrected chi connectivity index (χ2v) is 14.3. The molecule has 2 rings (SSSR count). The van der Waals surface area contributed by atoms with E-state index in [9.17, 15) is 9.59 Å². The van der Waals surface area contributed by atoms with Crippen LogP contribution in [0.4, 0.5) is 0 Å². The first kappa shape index (κ1) is 23.4. The lowest BCUT2D eigenvalue weighted by Gasteiger charge is -2.57. The third-order valence-corrected chi connectivity index (χ3v) is 11.7. The second-order valence-electron chi connectivity index (χ2n) is 9.20. The zero-order valence-corrected chi connectivity index (χ0v) is 19.8. The molecule has 0 spiro atoms. The molecule has 3 atom stereocenters. The smallest absolute Gasteiger partial charge is 0.335 e. The van der Waals surface area contributed by atoms with E-state index in [0.29, 0.717) is 6.42 Å². The Labute approximate surface area is 176 Å². The number of amides is 1. The van der Waals surface area contributed by atoms with Crippen molar-refractivity contribution < 1.29 is 19.1 Å². The molecule has 160 valence electrons. The first-order chi connectivity index (χ1) is 13.5. The number of nitrogens with zero attached hydrogens (tertiary/aromatic N) is 1. The first-order valence-electron chi connectivity index (χ1n) is 10.3. The standard InChI is InChI=1S/C23H35NO4Si/c1-8-9-15-19(22(26)27-16-18-13-11-10-12-14-18)28-20-17(2)24(21(20)25)29(6,7)23(3,4)5/h8-14,17,19-20H,15-16H2,1-7H3/b9-8+/t17-,19-,20-/m0/s1. The van der Waals surface area contributed by atoms with E-state index in [4.69, 9.17) is 9.47 Å². The summed E-state index contributed by atoms with van der Waals surface area (Å²) >= 11 is 0. The maximum Gasteiger partial charge on any atom is 0.335 e. The van der Waals surface area contributed by atoms with E-state index < -0.39 is 26.4 Å². The van der Waals surface area contributed by atoms with Gasteiger partial charge in [0.05, 0.1) is 6.04 Å². The van der Waals surface area contributed by atoms with Crippen LogP contribution in [0.5, 0.6) is 0 Å². The molecule has 1 aliphatic rings. The average Bonchev–Trinajstić information content (AvgIpc) is 2.66. The minimum absolute atomic E-state index is 0.00886. The van der Waals surface area contributed by atoms with E-state index >= 15 is 0 Å². The van der Waals surface area contributed by atoms with Gasteiger partial charge in [-0.05, 0) is 24.4 Å². The summed E-state index contributed by atoms with van der Waals surface area (Å²) in [6.07, 6.45) is 2.75. The molecule has 0 aromatic heterocycles. The zero-order valence-electron chi connectivity index (χ0n) is 18.8. The summed E-state index contributed by atoms with van der Waals surface area (Å²) < 4.78 is 13.5. The van der Waals surface area contributed by atoms with Crippen LogP contribution in [0, 0.1) is 0 Å². The van der Waals surface area contributed by atoms with Gasteiger partial charge in [0, 0.05) is 6.42 Å². The Balaban J connectivity index is 2.05. The fraction of sp³-hybridized carbons (Fsp3) is 0.565. The van der Waals surface area contributed by atoms with Gasteiger partial charge in [-0.1, -0.05) is 76.3 Å². The van der Waals surface area contributed by atoms with Crippen molar-refractivity contribution in [1.29, 1.82) is 0 Å². The monoisotopic (exact) mass is 417 g/mol. The number of ether oxygens (including phenoxy) is 2. The van der Waals surface area contributed by atoms with Gasteiger partial charge in [0.15, 0.2) is 20.4 Å². The van der Waals surface area contributed by atoms with E-state index in [0.717, 1.165) is 5.56 Å². The minimum Gasteiger partial charge on any atom is -0.459 e. The molecule has 1 saturated heterocycles. The molecule has 0 unspecified atom stereocenters. The van der Waals surface area contributed by atoms with Gasteiger partial charge in [0.25, 0.3) is 0 Å². The number of carbonyl (C=O) groups is 2. The molecular formula is C23H35NO4Si. The summed E-state index contributed by atoms with van der Waals surface area (Å²) in [5.74, 6) is -0.442. The van der Waals surface area contributed by atoms with Crippen molar-refractivity contribution in [3.8, 4) is 0 Å². The summed E-state index contributed by atoms with van der Waals surface area (Å²) in [7, 11) is -1.98. The minimum atomic E-state index is -1.98. The van der Waals surface area contributed by atoms with Crippen LogP contribution in [0.3, 0.4) is 0 Å². The third kappa shape index (κ3) is 5.17. The zero-order chi connectivity index (χ0) is 21.8. The highest BCUT2D eigenvalue weighted by Gasteiger charge is 2.56. The van der Waals surface area contributed by atoms with E-state index in [1.165, 1.54) is 0 Å². The fourth-order valence-electron chi connectivity index (χ4n) is 3.38. The van der Waals surface area contributed by atoms with Gasteiger partial charge in [-0.3, -0.25) is 4.79 Å². The highest BCUT2D eigenvalue weighted by Crippen LogP contribution is 2.43. The van der Waals surface area contributed by atoms with Crippen molar-refractivity contribution in [3.05, 3.63) is 48.0 Å². The maximum absolute atomic E-state index is 12.9. The Morgan fingerprint density at radius 3 is 2.38 bits per heavy atom. The third-order valence-electron chi connectivity index (χ3n) is 6.15. The van der Waals surface area contributed by atoms with Crippen molar-refractivity contribution in [2.24, 2.45) is 0 Å². The van der Waals surface area contributed by atoms with Crippen LogP contribution in [-0.4, -0.2) is 42.9 Å². The Kier molecular flexibility index (Phi) is 7.46. The molecular weight excluding hydrogens is 382 g/mol. The van der Waals surface area contributed by atoms with Crippen LogP contribution in [0.1, 0.15) is 46.6 Å². The lowest BCUT2D eigenvalue weighted by molar-refractivity contribution is -0.181. The number of hydrogen-bond acceptors (Lipinski definition) is 4. The molecule has 0 bridgehead atoms. The van der Waals surface area contributed by atoms with Crippen molar-refractivity contribution in [2.75, 3.05) is 0 Å². The molecule has 1 aliphatic heterocycles. The molecule has 1 fully saturated rings. The van der Waals surface area contributed by atoms with Gasteiger partial charge in [0.1, 0.15) is 6.61 Å². The molecule has 0 N–H and O–H groups in total. The predicted octanol–water partition coefficient (Wildman–Crippen LogP) is 4.69. The van der Waals surface area contributed by atoms with Gasteiger partial charge >= 0.3 is 5.97 Å². The number of β-lactam (4-membered cyclic amide) rings is 1. The Morgan fingerprint density at radius 1 is 1.24 bits per heavy atom. The van der Waals surface area contributed by atoms with E-state index in [2.05, 4.69) is 33.9 Å². The van der Waals surface area contributed by atoms with Crippen LogP contribution < -0.4 is 0 Å². The normalized spacial score (nSPS) is 21.2. The van der Waals surface area contributed by atoms with Gasteiger partial charge in [-0.25, -0.2) is 4.79 Å². The lowest BCUT2D eigenvalue weighted by atomic mass is 10.0. The molecule has 0 aliphatic carbocycles. The van der Waals surface area contributed by atoms with Crippen molar-refractivity contribution in [2.45, 2.75) is 84.0 Å². The van der Waals surface area contributed by atoms with Crippen LogP contribution in [0.15, 0.2) is 42.5 Å². The maximum atomic E-state index is 12.9. The Bertz CT molecular complexity index is 739. The summed E-state index contributed by atoms with van der Waals surface area (Å²) in [4.78, 5) is 25.6. The van der Waals surface area contributed by atoms with Gasteiger partial charge in [-0.2, -0.15) is 0 Å². The predicted molar refractivity (Wildman–Crippen MR) is 118 cm³/mol. The van der Waals surface area contributed by atoms with Crippen molar-refractivity contribution >= 4 is 20.1 Å². The topological polar surface area (TPSA) is 55.8 Å². The second kappa shape index (κ2) is 9.26. The van der Waals surface area contributed by atoms with E-state index in [-0.39, 0.29) is 23.6 Å². The summed E-state index contributed by atoms with van der Waals surface area (Å²) in [6.45, 7) is 15.1. The number of rotatable bonds is 8. The molecule has 0 radical (unpaired) electrons. The summed E-state index contributed by atoms with van der Waals surface area (Å²) in [5, 5.41) is 0.0564. The molecule has 5 nitrogen and oxygen atoms in total. The SMILES string of the molecule is C/C=C/C[C@H](O[C@@H]1C(=O)N([Si](C)(C)C(C)(C)C)[C@H]1C)C(=O)OCc1ccccc1. The van der Waals surface area contributed by atoms with Crippen molar-refractivity contribution in [3.63, 3.8) is 0 Å². The number of esters is 1. The molecule has 1 aromatic rings. The average molecular weight is 418 g/mol. The highest BCUT2D eigenvalue weighted by atomic mass is 28.3. The molecule has 29 heavy (non-hydrogen) atoms. The van der Waals surface area contributed by atoms with Crippen LogP contribution in [0.25, 0.3) is 0 Å². The van der Waals surface area contributed by atoms with Crippen molar-refractivity contribution in [1.82, 2.24) is 4.57 Å².